The van der Waals surface area contributed by atoms with Gasteiger partial charge in [0.15, 0.2) is 5.41 Å². The predicted molar refractivity (Wildman–Crippen MR) is 98.2 cm³/mol. The highest BCUT2D eigenvalue weighted by Gasteiger charge is 2.30. The molecule has 0 saturated heterocycles. The summed E-state index contributed by atoms with van der Waals surface area (Å²) in [6, 6.07) is 0. The van der Waals surface area contributed by atoms with Gasteiger partial charge in [0.05, 0.1) is 30.1 Å². The fourth-order valence-corrected chi connectivity index (χ4v) is 2.67. The van der Waals surface area contributed by atoms with Crippen molar-refractivity contribution in [3.8, 4) is 0 Å². The molecule has 0 bridgehead atoms. The highest BCUT2D eigenvalue weighted by atomic mass is 28.1. The van der Waals surface area contributed by atoms with Crippen LogP contribution in [0.25, 0.3) is 0 Å². The van der Waals surface area contributed by atoms with Crippen molar-refractivity contribution in [2.45, 2.75) is 84.0 Å². The second kappa shape index (κ2) is 14.3. The van der Waals surface area contributed by atoms with E-state index >= 15 is 0 Å². The normalized spacial score (nSPS) is 11.8. The van der Waals surface area contributed by atoms with E-state index in [0.717, 1.165) is 42.7 Å². The van der Waals surface area contributed by atoms with Crippen LogP contribution in [-0.2, 0) is 14.2 Å². The molecule has 3 nitrogen and oxygen atoms in total. The van der Waals surface area contributed by atoms with E-state index in [1.807, 2.05) is 0 Å². The molecule has 4 heteroatoms. The van der Waals surface area contributed by atoms with Crippen molar-refractivity contribution >= 4 is 10.2 Å². The zero-order chi connectivity index (χ0) is 16.7. The molecule has 0 aliphatic heterocycles. The topological polar surface area (TPSA) is 27.7 Å². The molecule has 132 valence electrons. The van der Waals surface area contributed by atoms with Gasteiger partial charge in [0, 0.05) is 0 Å². The molecular formula is C18H38O3Si. The fourth-order valence-electron chi connectivity index (χ4n) is 2.12. The Kier molecular flexibility index (Phi) is 14.1. The first-order valence-corrected chi connectivity index (χ1v) is 10.2. The van der Waals surface area contributed by atoms with Crippen LogP contribution < -0.4 is 0 Å². The minimum absolute atomic E-state index is 0.670. The van der Waals surface area contributed by atoms with Crippen LogP contribution in [0.4, 0.5) is 0 Å². The molecule has 0 fully saturated rings. The third-order valence-corrected chi connectivity index (χ3v) is 4.92. The summed E-state index contributed by atoms with van der Waals surface area (Å²) in [5, 5.41) is 0. The molecule has 0 aliphatic rings. The average molecular weight is 331 g/mol. The van der Waals surface area contributed by atoms with Gasteiger partial charge in [0.25, 0.3) is 0 Å². The molecule has 0 rings (SSSR count). The largest absolute Gasteiger partial charge is 0.493 e. The van der Waals surface area contributed by atoms with Crippen molar-refractivity contribution in [1.29, 1.82) is 0 Å². The van der Waals surface area contributed by atoms with E-state index in [1.165, 1.54) is 38.5 Å². The van der Waals surface area contributed by atoms with Gasteiger partial charge in [-0.3, -0.25) is 0 Å². The van der Waals surface area contributed by atoms with E-state index in [-0.39, 0.29) is 0 Å². The van der Waals surface area contributed by atoms with Crippen molar-refractivity contribution in [3.05, 3.63) is 12.3 Å². The highest BCUT2D eigenvalue weighted by Crippen LogP contribution is 2.21. The molecule has 0 N–H and O–H groups in total. The summed E-state index contributed by atoms with van der Waals surface area (Å²) in [5.41, 5.74) is -0.673. The number of hydrogen-bond donors (Lipinski definition) is 0. The first kappa shape index (κ1) is 21.7. The van der Waals surface area contributed by atoms with Crippen molar-refractivity contribution in [3.63, 3.8) is 0 Å². The van der Waals surface area contributed by atoms with Crippen molar-refractivity contribution < 1.29 is 14.2 Å². The van der Waals surface area contributed by atoms with Gasteiger partial charge < -0.3 is 14.2 Å². The summed E-state index contributed by atoms with van der Waals surface area (Å²) in [4.78, 5) is 0. The predicted octanol–water partition coefficient (Wildman–Crippen LogP) is 4.14. The molecule has 0 atom stereocenters. The summed E-state index contributed by atoms with van der Waals surface area (Å²) < 4.78 is 17.9. The van der Waals surface area contributed by atoms with Crippen LogP contribution >= 0.6 is 0 Å². The molecule has 0 amide bonds. The summed E-state index contributed by atoms with van der Waals surface area (Å²) in [5.74, 6) is 0.670. The van der Waals surface area contributed by atoms with Crippen LogP contribution in [0.1, 0.15) is 78.6 Å². The van der Waals surface area contributed by atoms with Crippen molar-refractivity contribution in [1.82, 2.24) is 0 Å². The number of ether oxygens (including phenoxy) is 3. The molecule has 0 aliphatic carbocycles. The summed E-state index contributed by atoms with van der Waals surface area (Å²) in [6.07, 6.45) is 10.4. The van der Waals surface area contributed by atoms with Gasteiger partial charge in [-0.05, 0) is 19.3 Å². The smallest absolute Gasteiger partial charge is 0.196 e. The quantitative estimate of drug-likeness (QED) is 0.184. The second-order valence-corrected chi connectivity index (χ2v) is 7.35. The minimum Gasteiger partial charge on any atom is -0.493 e. The Balaban J connectivity index is 4.30. The van der Waals surface area contributed by atoms with Crippen LogP contribution in [0.15, 0.2) is 12.3 Å². The van der Waals surface area contributed by atoms with Crippen LogP contribution in [0.3, 0.4) is 0 Å². The number of unbranched alkanes of at least 4 members (excludes halogenated alkanes) is 6. The molecule has 0 saturated carbocycles. The minimum atomic E-state index is -0.673. The molecule has 0 aromatic rings. The van der Waals surface area contributed by atoms with E-state index in [9.17, 15) is 0 Å². The van der Waals surface area contributed by atoms with Crippen LogP contribution in [0, 0.1) is 0 Å². The third-order valence-electron chi connectivity index (χ3n) is 3.78. The molecular weight excluding hydrogens is 292 g/mol. The molecule has 0 aromatic carbocycles. The van der Waals surface area contributed by atoms with Gasteiger partial charge in [0.1, 0.15) is 5.76 Å². The lowest BCUT2D eigenvalue weighted by molar-refractivity contribution is -0.177. The first-order valence-electron chi connectivity index (χ1n) is 9.20. The van der Waals surface area contributed by atoms with E-state index in [1.54, 1.807) is 0 Å². The lowest BCUT2D eigenvalue weighted by Gasteiger charge is -2.32. The lowest BCUT2D eigenvalue weighted by atomic mass is 10.2. The molecule has 22 heavy (non-hydrogen) atoms. The zero-order valence-electron chi connectivity index (χ0n) is 15.4. The summed E-state index contributed by atoms with van der Waals surface area (Å²) in [6.45, 7) is 12.8. The first-order chi connectivity index (χ1) is 10.6. The van der Waals surface area contributed by atoms with Gasteiger partial charge in [-0.2, -0.15) is 0 Å². The highest BCUT2D eigenvalue weighted by molar-refractivity contribution is 6.15. The molecule has 0 unspecified atom stereocenters. The lowest BCUT2D eigenvalue weighted by Crippen LogP contribution is -2.40. The van der Waals surface area contributed by atoms with Crippen LogP contribution in [0.5, 0.6) is 0 Å². The van der Waals surface area contributed by atoms with E-state index in [0.29, 0.717) is 12.4 Å². The van der Waals surface area contributed by atoms with Gasteiger partial charge in [-0.25, -0.2) is 0 Å². The van der Waals surface area contributed by atoms with E-state index in [4.69, 9.17) is 14.2 Å². The fraction of sp³-hybridized carbons (Fsp3) is 0.889. The monoisotopic (exact) mass is 330 g/mol. The Hall–Kier alpha value is -0.323. The van der Waals surface area contributed by atoms with Crippen LogP contribution in [-0.4, -0.2) is 35.5 Å². The maximum Gasteiger partial charge on any atom is 0.196 e. The Morgan fingerprint density at radius 1 is 0.773 bits per heavy atom. The van der Waals surface area contributed by atoms with Crippen LogP contribution in [0.2, 0.25) is 0 Å². The molecule has 0 heterocycles. The summed E-state index contributed by atoms with van der Waals surface area (Å²) in [7, 11) is 0.739. The van der Waals surface area contributed by atoms with Gasteiger partial charge in [-0.1, -0.05) is 65.9 Å². The van der Waals surface area contributed by atoms with Gasteiger partial charge in [-0.15, -0.1) is 0 Å². The summed E-state index contributed by atoms with van der Waals surface area (Å²) >= 11 is 0. The number of hydrogen-bond acceptors (Lipinski definition) is 3. The average Bonchev–Trinajstić information content (AvgIpc) is 2.52. The molecule has 0 aromatic heterocycles. The Bertz CT molecular complexity index is 257. The Morgan fingerprint density at radius 2 is 1.18 bits per heavy atom. The maximum absolute atomic E-state index is 6.05. The van der Waals surface area contributed by atoms with Gasteiger partial charge >= 0.3 is 0 Å². The maximum atomic E-state index is 6.05. The van der Waals surface area contributed by atoms with E-state index < -0.39 is 5.41 Å². The van der Waals surface area contributed by atoms with Crippen molar-refractivity contribution in [2.75, 3.05) is 19.8 Å². The van der Waals surface area contributed by atoms with E-state index in [2.05, 4.69) is 27.4 Å². The standard InChI is InChI=1S/C18H38O3Si/c1-5-8-11-14-19-17(4)18(22,20-15-12-9-6-2)21-16-13-10-7-3/h4-16H2,1-3,22H3. The third kappa shape index (κ3) is 10.4. The molecule has 0 spiro atoms. The van der Waals surface area contributed by atoms with Crippen molar-refractivity contribution in [2.24, 2.45) is 0 Å². The second-order valence-electron chi connectivity index (χ2n) is 6.04. The Labute approximate surface area is 141 Å². The SMILES string of the molecule is C=C(OCCCCC)C([SiH3])(OCCCCC)OCCCCC. The number of rotatable bonds is 16. The Morgan fingerprint density at radius 3 is 1.59 bits per heavy atom. The zero-order valence-corrected chi connectivity index (χ0v) is 17.4. The van der Waals surface area contributed by atoms with Gasteiger partial charge in [0.2, 0.25) is 0 Å². The molecule has 0 radical (unpaired) electrons.